The minimum Gasteiger partial charge on any atom is -0.458 e. The smallest absolute Gasteiger partial charge is 0.322 e. The van der Waals surface area contributed by atoms with Gasteiger partial charge in [-0.3, -0.25) is 5.32 Å². The summed E-state index contributed by atoms with van der Waals surface area (Å²) in [6, 6.07) is 6.04. The molecule has 0 aliphatic carbocycles. The molecule has 0 radical (unpaired) electrons. The summed E-state index contributed by atoms with van der Waals surface area (Å²) in [6.45, 7) is 5.13. The van der Waals surface area contributed by atoms with Gasteiger partial charge in [0, 0.05) is 17.9 Å². The van der Waals surface area contributed by atoms with Gasteiger partial charge in [0.25, 0.3) is 0 Å². The molecule has 2 amide bonds. The Bertz CT molecular complexity index is 654. The number of aromatic nitrogens is 2. The highest BCUT2D eigenvalue weighted by molar-refractivity contribution is 7.14. The monoisotopic (exact) mass is 332 g/mol. The predicted octanol–water partition coefficient (Wildman–Crippen LogP) is 3.23. The number of aryl methyl sites for hydroxylation is 2. The summed E-state index contributed by atoms with van der Waals surface area (Å²) in [5.41, 5.74) is 1.77. The Balaban J connectivity index is 1.60. The molecule has 0 saturated carbocycles. The first-order valence-corrected chi connectivity index (χ1v) is 8.56. The van der Waals surface area contributed by atoms with E-state index in [0.717, 1.165) is 35.8 Å². The molecular weight excluding hydrogens is 312 g/mol. The summed E-state index contributed by atoms with van der Waals surface area (Å²) in [4.78, 5) is 22.7. The van der Waals surface area contributed by atoms with Crippen molar-refractivity contribution in [2.75, 3.05) is 18.4 Å². The van der Waals surface area contributed by atoms with Crippen LogP contribution in [0.1, 0.15) is 24.2 Å². The molecule has 1 N–H and O–H groups in total. The fraction of sp³-hybridized carbons (Fsp3) is 0.438. The number of hydrogen-bond donors (Lipinski definition) is 1. The fourth-order valence-corrected chi connectivity index (χ4v) is 3.26. The Morgan fingerprint density at radius 2 is 2.17 bits per heavy atom. The van der Waals surface area contributed by atoms with Crippen molar-refractivity contribution in [2.45, 2.75) is 32.8 Å². The lowest BCUT2D eigenvalue weighted by Crippen LogP contribution is -2.46. The first-order chi connectivity index (χ1) is 11.1. The number of ether oxygens (including phenoxy) is 1. The number of carbonyl (C=O) groups is 1. The first kappa shape index (κ1) is 15.7. The van der Waals surface area contributed by atoms with Crippen LogP contribution >= 0.6 is 11.3 Å². The van der Waals surface area contributed by atoms with Crippen molar-refractivity contribution in [3.05, 3.63) is 35.0 Å². The summed E-state index contributed by atoms with van der Waals surface area (Å²) in [7, 11) is 0. The molecule has 2 aromatic rings. The van der Waals surface area contributed by atoms with Crippen molar-refractivity contribution in [2.24, 2.45) is 0 Å². The van der Waals surface area contributed by atoms with Gasteiger partial charge in [0.1, 0.15) is 6.10 Å². The number of nitrogens with zero attached hydrogens (tertiary/aromatic N) is 3. The van der Waals surface area contributed by atoms with E-state index < -0.39 is 0 Å². The van der Waals surface area contributed by atoms with E-state index in [9.17, 15) is 4.79 Å². The third-order valence-corrected chi connectivity index (χ3v) is 4.44. The van der Waals surface area contributed by atoms with Crippen LogP contribution in [0.25, 0.3) is 0 Å². The molecule has 7 heteroatoms. The van der Waals surface area contributed by atoms with Crippen molar-refractivity contribution in [1.29, 1.82) is 0 Å². The molecule has 6 nitrogen and oxygen atoms in total. The van der Waals surface area contributed by atoms with Crippen molar-refractivity contribution >= 4 is 22.4 Å². The molecule has 1 atom stereocenters. The molecule has 0 aromatic carbocycles. The average Bonchev–Trinajstić information content (AvgIpc) is 2.99. The van der Waals surface area contributed by atoms with E-state index in [2.05, 4.69) is 15.3 Å². The zero-order chi connectivity index (χ0) is 16.2. The Morgan fingerprint density at radius 3 is 2.87 bits per heavy atom. The van der Waals surface area contributed by atoms with Gasteiger partial charge in [-0.05, 0) is 50.3 Å². The van der Waals surface area contributed by atoms with E-state index in [-0.39, 0.29) is 12.1 Å². The van der Waals surface area contributed by atoms with Crippen LogP contribution in [0, 0.1) is 13.8 Å². The maximum atomic E-state index is 12.3. The highest BCUT2D eigenvalue weighted by Gasteiger charge is 2.25. The first-order valence-electron chi connectivity index (χ1n) is 7.68. The van der Waals surface area contributed by atoms with Crippen LogP contribution in [-0.2, 0) is 0 Å². The second-order valence-electron chi connectivity index (χ2n) is 5.67. The Labute approximate surface area is 139 Å². The van der Waals surface area contributed by atoms with Crippen LogP contribution < -0.4 is 10.1 Å². The van der Waals surface area contributed by atoms with Gasteiger partial charge in [0.15, 0.2) is 0 Å². The largest absolute Gasteiger partial charge is 0.458 e. The van der Waals surface area contributed by atoms with Crippen molar-refractivity contribution < 1.29 is 9.53 Å². The van der Waals surface area contributed by atoms with Crippen LogP contribution in [0.4, 0.5) is 9.80 Å². The molecule has 1 aliphatic heterocycles. The molecule has 1 aliphatic rings. The highest BCUT2D eigenvalue weighted by Crippen LogP contribution is 2.19. The lowest BCUT2D eigenvalue weighted by Gasteiger charge is -2.32. The SMILES string of the molecule is Cc1cc(C)nc(OC2CCCN(C(=O)Nc3cccs3)C2)n1. The molecule has 0 spiro atoms. The number of rotatable bonds is 3. The van der Waals surface area contributed by atoms with E-state index in [4.69, 9.17) is 4.74 Å². The second-order valence-corrected chi connectivity index (χ2v) is 6.62. The summed E-state index contributed by atoms with van der Waals surface area (Å²) in [5.74, 6) is 0. The normalized spacial score (nSPS) is 17.8. The maximum absolute atomic E-state index is 12.3. The molecule has 122 valence electrons. The fourth-order valence-electron chi connectivity index (χ4n) is 2.65. The number of nitrogens with one attached hydrogen (secondary N) is 1. The number of hydrogen-bond acceptors (Lipinski definition) is 5. The lowest BCUT2D eigenvalue weighted by atomic mass is 10.1. The van der Waals surface area contributed by atoms with Gasteiger partial charge in [0.2, 0.25) is 0 Å². The lowest BCUT2D eigenvalue weighted by molar-refractivity contribution is 0.0980. The number of anilines is 1. The van der Waals surface area contributed by atoms with Crippen LogP contribution in [0.5, 0.6) is 6.01 Å². The minimum absolute atomic E-state index is 0.0703. The molecular formula is C16H20N4O2S. The molecule has 0 bridgehead atoms. The second kappa shape index (κ2) is 6.95. The number of thiophene rings is 1. The van der Waals surface area contributed by atoms with E-state index >= 15 is 0 Å². The molecule has 1 saturated heterocycles. The zero-order valence-corrected chi connectivity index (χ0v) is 14.1. The Hall–Kier alpha value is -2.15. The molecule has 3 heterocycles. The molecule has 1 unspecified atom stereocenters. The van der Waals surface area contributed by atoms with E-state index in [1.165, 1.54) is 11.3 Å². The van der Waals surface area contributed by atoms with Gasteiger partial charge in [0.05, 0.1) is 11.5 Å². The van der Waals surface area contributed by atoms with Gasteiger partial charge in [-0.2, -0.15) is 0 Å². The number of urea groups is 1. The summed E-state index contributed by atoms with van der Waals surface area (Å²) >= 11 is 1.51. The van der Waals surface area contributed by atoms with Crippen LogP contribution in [0.15, 0.2) is 23.6 Å². The minimum atomic E-state index is -0.0814. The van der Waals surface area contributed by atoms with E-state index in [1.54, 1.807) is 4.90 Å². The number of carbonyl (C=O) groups excluding carboxylic acids is 1. The highest BCUT2D eigenvalue weighted by atomic mass is 32.1. The summed E-state index contributed by atoms with van der Waals surface area (Å²) in [5, 5.41) is 5.71. The topological polar surface area (TPSA) is 67.3 Å². The van der Waals surface area contributed by atoms with Gasteiger partial charge in [-0.15, -0.1) is 11.3 Å². The predicted molar refractivity (Wildman–Crippen MR) is 90.1 cm³/mol. The van der Waals surface area contributed by atoms with Crippen molar-refractivity contribution in [3.63, 3.8) is 0 Å². The van der Waals surface area contributed by atoms with Crippen LogP contribution in [0.3, 0.4) is 0 Å². The standard InChI is InChI=1S/C16H20N4O2S/c1-11-9-12(2)18-15(17-11)22-13-5-3-7-20(10-13)16(21)19-14-6-4-8-23-14/h4,6,8-9,13H,3,5,7,10H2,1-2H3,(H,19,21). The quantitative estimate of drug-likeness (QED) is 0.937. The van der Waals surface area contributed by atoms with Crippen LogP contribution in [-0.4, -0.2) is 40.1 Å². The molecule has 23 heavy (non-hydrogen) atoms. The van der Waals surface area contributed by atoms with Gasteiger partial charge in [-0.1, -0.05) is 0 Å². The van der Waals surface area contributed by atoms with Crippen LogP contribution in [0.2, 0.25) is 0 Å². The Morgan fingerprint density at radius 1 is 1.39 bits per heavy atom. The Kier molecular flexibility index (Phi) is 4.76. The third-order valence-electron chi connectivity index (χ3n) is 3.65. The number of likely N-dealkylation sites (tertiary alicyclic amines) is 1. The van der Waals surface area contributed by atoms with Crippen molar-refractivity contribution in [3.8, 4) is 6.01 Å². The summed E-state index contributed by atoms with van der Waals surface area (Å²) in [6.07, 6.45) is 1.74. The molecule has 2 aromatic heterocycles. The van der Waals surface area contributed by atoms with E-state index in [0.29, 0.717) is 12.6 Å². The molecule has 1 fully saturated rings. The van der Waals surface area contributed by atoms with E-state index in [1.807, 2.05) is 37.4 Å². The van der Waals surface area contributed by atoms with Crippen molar-refractivity contribution in [1.82, 2.24) is 14.9 Å². The van der Waals surface area contributed by atoms with Gasteiger partial charge in [-0.25, -0.2) is 14.8 Å². The average molecular weight is 332 g/mol. The summed E-state index contributed by atoms with van der Waals surface area (Å²) < 4.78 is 5.89. The van der Waals surface area contributed by atoms with Gasteiger partial charge >= 0.3 is 12.0 Å². The zero-order valence-electron chi connectivity index (χ0n) is 13.3. The third kappa shape index (κ3) is 4.19. The molecule has 3 rings (SSSR count). The number of piperidine rings is 1. The number of amides is 2. The maximum Gasteiger partial charge on any atom is 0.322 e. The van der Waals surface area contributed by atoms with Gasteiger partial charge < -0.3 is 9.64 Å².